The van der Waals surface area contributed by atoms with Crippen molar-refractivity contribution >= 4 is 12.0 Å². The Morgan fingerprint density at radius 1 is 1.00 bits per heavy atom. The first-order valence-corrected chi connectivity index (χ1v) is 10.4. The average Bonchev–Trinajstić information content (AvgIpc) is 2.79. The van der Waals surface area contributed by atoms with Crippen molar-refractivity contribution in [1.82, 2.24) is 9.80 Å². The van der Waals surface area contributed by atoms with Crippen molar-refractivity contribution in [2.24, 2.45) is 0 Å². The van der Waals surface area contributed by atoms with E-state index in [0.29, 0.717) is 24.7 Å². The molecule has 0 saturated carbocycles. The second-order valence-electron chi connectivity index (χ2n) is 7.01. The van der Waals surface area contributed by atoms with Gasteiger partial charge in [-0.05, 0) is 42.8 Å². The van der Waals surface area contributed by atoms with E-state index < -0.39 is 0 Å². The molecule has 1 aliphatic rings. The van der Waals surface area contributed by atoms with Crippen LogP contribution in [0.1, 0.15) is 12.5 Å². The smallest absolute Gasteiger partial charge is 0.246 e. The fraction of sp³-hybridized carbons (Fsp3) is 0.375. The molecular formula is C24H30N2O4. The number of amides is 1. The Morgan fingerprint density at radius 2 is 1.77 bits per heavy atom. The third kappa shape index (κ3) is 6.26. The van der Waals surface area contributed by atoms with Crippen molar-refractivity contribution in [2.45, 2.75) is 6.92 Å². The van der Waals surface area contributed by atoms with Crippen LogP contribution in [-0.4, -0.2) is 68.8 Å². The standard InChI is InChI=1S/C24H30N2O4/c1-3-29-23-19-20(9-11-22(23)28-2)10-12-24(27)26-15-13-25(14-16-26)17-18-30-21-7-5-4-6-8-21/h4-12,19H,3,13-18H2,1-2H3/b12-10+. The van der Waals surface area contributed by atoms with E-state index in [1.165, 1.54) is 0 Å². The summed E-state index contributed by atoms with van der Waals surface area (Å²) in [4.78, 5) is 16.8. The molecule has 160 valence electrons. The van der Waals surface area contributed by atoms with E-state index in [1.807, 2.05) is 66.4 Å². The molecule has 0 aliphatic carbocycles. The number of benzene rings is 2. The number of piperazine rings is 1. The summed E-state index contributed by atoms with van der Waals surface area (Å²) in [6.07, 6.45) is 3.45. The number of methoxy groups -OCH3 is 1. The highest BCUT2D eigenvalue weighted by Crippen LogP contribution is 2.28. The molecule has 0 aromatic heterocycles. The van der Waals surface area contributed by atoms with Gasteiger partial charge in [-0.25, -0.2) is 0 Å². The lowest BCUT2D eigenvalue weighted by Gasteiger charge is -2.34. The van der Waals surface area contributed by atoms with Crippen LogP contribution < -0.4 is 14.2 Å². The summed E-state index contributed by atoms with van der Waals surface area (Å²) >= 11 is 0. The molecule has 0 bridgehead atoms. The summed E-state index contributed by atoms with van der Waals surface area (Å²) in [7, 11) is 1.62. The Bertz CT molecular complexity index is 830. The molecule has 2 aromatic carbocycles. The lowest BCUT2D eigenvalue weighted by atomic mass is 10.2. The summed E-state index contributed by atoms with van der Waals surface area (Å²) < 4.78 is 16.7. The van der Waals surface area contributed by atoms with E-state index in [1.54, 1.807) is 13.2 Å². The van der Waals surface area contributed by atoms with E-state index in [-0.39, 0.29) is 5.91 Å². The lowest BCUT2D eigenvalue weighted by Crippen LogP contribution is -2.49. The summed E-state index contributed by atoms with van der Waals surface area (Å²) in [6.45, 7) is 7.16. The highest BCUT2D eigenvalue weighted by Gasteiger charge is 2.19. The van der Waals surface area contributed by atoms with Crippen molar-refractivity contribution in [1.29, 1.82) is 0 Å². The molecule has 1 fully saturated rings. The zero-order chi connectivity index (χ0) is 21.2. The quantitative estimate of drug-likeness (QED) is 0.594. The van der Waals surface area contributed by atoms with Crippen LogP contribution in [0.15, 0.2) is 54.6 Å². The van der Waals surface area contributed by atoms with Gasteiger partial charge in [-0.1, -0.05) is 24.3 Å². The van der Waals surface area contributed by atoms with Crippen molar-refractivity contribution in [3.63, 3.8) is 0 Å². The monoisotopic (exact) mass is 410 g/mol. The van der Waals surface area contributed by atoms with Gasteiger partial charge in [0.1, 0.15) is 12.4 Å². The van der Waals surface area contributed by atoms with Gasteiger partial charge in [0.15, 0.2) is 11.5 Å². The van der Waals surface area contributed by atoms with Crippen LogP contribution in [0.25, 0.3) is 6.08 Å². The largest absolute Gasteiger partial charge is 0.493 e. The molecule has 0 spiro atoms. The van der Waals surface area contributed by atoms with Gasteiger partial charge in [-0.2, -0.15) is 0 Å². The molecule has 1 aliphatic heterocycles. The van der Waals surface area contributed by atoms with Crippen molar-refractivity contribution < 1.29 is 19.0 Å². The molecule has 0 unspecified atom stereocenters. The molecule has 0 atom stereocenters. The van der Waals surface area contributed by atoms with Gasteiger partial charge in [0.2, 0.25) is 5.91 Å². The predicted molar refractivity (Wildman–Crippen MR) is 118 cm³/mol. The zero-order valence-electron chi connectivity index (χ0n) is 17.8. The SMILES string of the molecule is CCOc1cc(/C=C/C(=O)N2CCN(CCOc3ccccc3)CC2)ccc1OC. The van der Waals surface area contributed by atoms with Crippen molar-refractivity contribution in [3.05, 3.63) is 60.2 Å². The Hall–Kier alpha value is -2.99. The van der Waals surface area contributed by atoms with E-state index in [9.17, 15) is 4.79 Å². The van der Waals surface area contributed by atoms with Crippen LogP contribution in [0, 0.1) is 0 Å². The first-order valence-electron chi connectivity index (χ1n) is 10.4. The molecule has 2 aromatic rings. The minimum absolute atomic E-state index is 0.0314. The normalized spacial score (nSPS) is 14.7. The Balaban J connectivity index is 1.44. The van der Waals surface area contributed by atoms with Crippen LogP contribution in [0.2, 0.25) is 0 Å². The number of carbonyl (C=O) groups is 1. The predicted octanol–water partition coefficient (Wildman–Crippen LogP) is 3.33. The van der Waals surface area contributed by atoms with Gasteiger partial charge in [0.25, 0.3) is 0 Å². The van der Waals surface area contributed by atoms with E-state index in [0.717, 1.165) is 44.0 Å². The van der Waals surface area contributed by atoms with Gasteiger partial charge < -0.3 is 19.1 Å². The summed E-state index contributed by atoms with van der Waals surface area (Å²) in [5.41, 5.74) is 0.907. The van der Waals surface area contributed by atoms with Gasteiger partial charge >= 0.3 is 0 Å². The molecule has 30 heavy (non-hydrogen) atoms. The lowest BCUT2D eigenvalue weighted by molar-refractivity contribution is -0.127. The number of hydrogen-bond acceptors (Lipinski definition) is 5. The molecule has 1 amide bonds. The van der Waals surface area contributed by atoms with Crippen LogP contribution in [0.3, 0.4) is 0 Å². The van der Waals surface area contributed by atoms with Crippen LogP contribution in [0.4, 0.5) is 0 Å². The first kappa shape index (κ1) is 21.7. The second-order valence-corrected chi connectivity index (χ2v) is 7.01. The molecule has 0 radical (unpaired) electrons. The summed E-state index contributed by atoms with van der Waals surface area (Å²) in [6, 6.07) is 15.5. The van der Waals surface area contributed by atoms with E-state index >= 15 is 0 Å². The third-order valence-corrected chi connectivity index (χ3v) is 5.01. The fourth-order valence-electron chi connectivity index (χ4n) is 3.34. The first-order chi connectivity index (χ1) is 14.7. The fourth-order valence-corrected chi connectivity index (χ4v) is 3.34. The third-order valence-electron chi connectivity index (χ3n) is 5.01. The average molecular weight is 411 g/mol. The van der Waals surface area contributed by atoms with E-state index in [4.69, 9.17) is 14.2 Å². The summed E-state index contributed by atoms with van der Waals surface area (Å²) in [5.74, 6) is 2.29. The van der Waals surface area contributed by atoms with E-state index in [2.05, 4.69) is 4.90 Å². The van der Waals surface area contributed by atoms with Crippen LogP contribution in [-0.2, 0) is 4.79 Å². The van der Waals surface area contributed by atoms with Crippen molar-refractivity contribution in [2.75, 3.05) is 53.0 Å². The summed E-state index contributed by atoms with van der Waals surface area (Å²) in [5, 5.41) is 0. The highest BCUT2D eigenvalue weighted by atomic mass is 16.5. The maximum Gasteiger partial charge on any atom is 0.246 e. The Labute approximate surface area is 178 Å². The van der Waals surface area contributed by atoms with Gasteiger partial charge in [0, 0.05) is 38.8 Å². The minimum Gasteiger partial charge on any atom is -0.493 e. The molecule has 1 heterocycles. The number of para-hydroxylation sites is 1. The topological polar surface area (TPSA) is 51.2 Å². The minimum atomic E-state index is 0.0314. The maximum atomic E-state index is 12.6. The molecule has 6 heteroatoms. The maximum absolute atomic E-state index is 12.6. The Morgan fingerprint density at radius 3 is 2.47 bits per heavy atom. The van der Waals surface area contributed by atoms with Gasteiger partial charge in [0.05, 0.1) is 13.7 Å². The second kappa shape index (κ2) is 11.3. The van der Waals surface area contributed by atoms with Gasteiger partial charge in [-0.3, -0.25) is 9.69 Å². The molecular weight excluding hydrogens is 380 g/mol. The number of hydrogen-bond donors (Lipinski definition) is 0. The number of carbonyl (C=O) groups excluding carboxylic acids is 1. The Kier molecular flexibility index (Phi) is 8.15. The van der Waals surface area contributed by atoms with Crippen molar-refractivity contribution in [3.8, 4) is 17.2 Å². The zero-order valence-corrected chi connectivity index (χ0v) is 17.8. The highest BCUT2D eigenvalue weighted by molar-refractivity contribution is 5.92. The van der Waals surface area contributed by atoms with Crippen LogP contribution in [0.5, 0.6) is 17.2 Å². The molecule has 1 saturated heterocycles. The van der Waals surface area contributed by atoms with Crippen LogP contribution >= 0.6 is 0 Å². The number of rotatable bonds is 9. The molecule has 3 rings (SSSR count). The molecule has 6 nitrogen and oxygen atoms in total. The van der Waals surface area contributed by atoms with Gasteiger partial charge in [-0.15, -0.1) is 0 Å². The number of nitrogens with zero attached hydrogens (tertiary/aromatic N) is 2. The number of ether oxygens (including phenoxy) is 3. The molecule has 0 N–H and O–H groups in total.